The minimum atomic E-state index is -0.704. The smallest absolute Gasteiger partial charge is 0.303 e. The molecular weight excluding hydrogens is 232 g/mol. The SMILES string of the molecule is CC(=O)OCC(C)(C)C.CC(C)(C)CCC(=O)O. The fraction of sp³-hybridized carbons (Fsp3) is 0.857. The lowest BCUT2D eigenvalue weighted by Crippen LogP contribution is -2.16. The summed E-state index contributed by atoms with van der Waals surface area (Å²) in [6.45, 7) is 14.1. The Labute approximate surface area is 111 Å². The van der Waals surface area contributed by atoms with E-state index >= 15 is 0 Å². The summed E-state index contributed by atoms with van der Waals surface area (Å²) in [5.74, 6) is -0.908. The van der Waals surface area contributed by atoms with Gasteiger partial charge in [-0.3, -0.25) is 9.59 Å². The van der Waals surface area contributed by atoms with Gasteiger partial charge in [0.1, 0.15) is 0 Å². The Morgan fingerprint density at radius 2 is 1.44 bits per heavy atom. The number of rotatable bonds is 3. The summed E-state index contributed by atoms with van der Waals surface area (Å²) < 4.78 is 4.77. The van der Waals surface area contributed by atoms with Gasteiger partial charge in [0, 0.05) is 13.3 Å². The summed E-state index contributed by atoms with van der Waals surface area (Å²) >= 11 is 0. The second-order valence-electron chi connectivity index (χ2n) is 6.80. The number of esters is 1. The molecule has 0 aromatic rings. The molecule has 0 saturated heterocycles. The topological polar surface area (TPSA) is 63.6 Å². The van der Waals surface area contributed by atoms with Gasteiger partial charge >= 0.3 is 11.9 Å². The first-order valence-corrected chi connectivity index (χ1v) is 6.19. The van der Waals surface area contributed by atoms with Crippen molar-refractivity contribution in [3.8, 4) is 0 Å². The van der Waals surface area contributed by atoms with Crippen LogP contribution in [0.2, 0.25) is 0 Å². The van der Waals surface area contributed by atoms with Gasteiger partial charge in [0.15, 0.2) is 0 Å². The highest BCUT2D eigenvalue weighted by atomic mass is 16.5. The van der Waals surface area contributed by atoms with Crippen LogP contribution in [0.1, 0.15) is 61.3 Å². The molecule has 0 atom stereocenters. The Morgan fingerprint density at radius 1 is 1.00 bits per heavy atom. The highest BCUT2D eigenvalue weighted by Gasteiger charge is 2.11. The van der Waals surface area contributed by atoms with Crippen LogP contribution in [0.15, 0.2) is 0 Å². The Kier molecular flexibility index (Phi) is 8.69. The lowest BCUT2D eigenvalue weighted by Gasteiger charge is -2.16. The largest absolute Gasteiger partial charge is 0.481 e. The van der Waals surface area contributed by atoms with Crippen molar-refractivity contribution in [1.29, 1.82) is 0 Å². The number of aliphatic carboxylic acids is 1. The molecule has 0 aromatic carbocycles. The van der Waals surface area contributed by atoms with E-state index < -0.39 is 5.97 Å². The minimum Gasteiger partial charge on any atom is -0.481 e. The molecule has 0 aliphatic carbocycles. The van der Waals surface area contributed by atoms with Crippen molar-refractivity contribution in [3.63, 3.8) is 0 Å². The normalized spacial score (nSPS) is 11.3. The van der Waals surface area contributed by atoms with E-state index in [1.807, 2.05) is 41.5 Å². The zero-order chi connectivity index (χ0) is 15.0. The average Bonchev–Trinajstić information content (AvgIpc) is 2.10. The predicted octanol–water partition coefficient (Wildman–Crippen LogP) is 3.49. The number of hydrogen-bond acceptors (Lipinski definition) is 3. The van der Waals surface area contributed by atoms with Crippen LogP contribution >= 0.6 is 0 Å². The van der Waals surface area contributed by atoms with E-state index in [4.69, 9.17) is 9.84 Å². The Balaban J connectivity index is 0. The fourth-order valence-electron chi connectivity index (χ4n) is 0.800. The van der Waals surface area contributed by atoms with Gasteiger partial charge in [0.25, 0.3) is 0 Å². The van der Waals surface area contributed by atoms with Gasteiger partial charge in [0.2, 0.25) is 0 Å². The summed E-state index contributed by atoms with van der Waals surface area (Å²) in [6, 6.07) is 0. The molecule has 0 rings (SSSR count). The molecule has 0 spiro atoms. The molecule has 1 N–H and O–H groups in total. The Morgan fingerprint density at radius 3 is 1.56 bits per heavy atom. The van der Waals surface area contributed by atoms with Gasteiger partial charge < -0.3 is 9.84 Å². The van der Waals surface area contributed by atoms with Crippen molar-refractivity contribution < 1.29 is 19.4 Å². The molecule has 0 saturated carbocycles. The van der Waals surface area contributed by atoms with Crippen LogP contribution in [0.3, 0.4) is 0 Å². The zero-order valence-corrected chi connectivity index (χ0v) is 12.8. The third kappa shape index (κ3) is 24.3. The maximum atomic E-state index is 10.3. The molecule has 0 unspecified atom stereocenters. The second kappa shape index (κ2) is 8.11. The van der Waals surface area contributed by atoms with Crippen LogP contribution in [0.4, 0.5) is 0 Å². The van der Waals surface area contributed by atoms with Gasteiger partial charge in [-0.2, -0.15) is 0 Å². The molecule has 4 heteroatoms. The highest BCUT2D eigenvalue weighted by Crippen LogP contribution is 2.19. The molecule has 0 aromatic heterocycles. The third-order valence-corrected chi connectivity index (χ3v) is 1.80. The van der Waals surface area contributed by atoms with E-state index in [0.29, 0.717) is 6.61 Å². The number of ether oxygens (including phenoxy) is 1. The Bertz CT molecular complexity index is 228. The molecule has 4 nitrogen and oxygen atoms in total. The van der Waals surface area contributed by atoms with Crippen LogP contribution in [0.25, 0.3) is 0 Å². The molecule has 0 fully saturated rings. The molecule has 108 valence electrons. The van der Waals surface area contributed by atoms with Crippen LogP contribution in [-0.4, -0.2) is 23.7 Å². The lowest BCUT2D eigenvalue weighted by molar-refractivity contribution is -0.143. The van der Waals surface area contributed by atoms with E-state index in [9.17, 15) is 9.59 Å². The van der Waals surface area contributed by atoms with Crippen molar-refractivity contribution in [2.75, 3.05) is 6.61 Å². The predicted molar refractivity (Wildman–Crippen MR) is 72.4 cm³/mol. The highest BCUT2D eigenvalue weighted by molar-refractivity contribution is 5.66. The van der Waals surface area contributed by atoms with Gasteiger partial charge in [-0.1, -0.05) is 41.5 Å². The molecule has 0 radical (unpaired) electrons. The molecule has 0 aliphatic rings. The van der Waals surface area contributed by atoms with E-state index in [1.54, 1.807) is 0 Å². The van der Waals surface area contributed by atoms with Crippen LogP contribution in [0, 0.1) is 10.8 Å². The van der Waals surface area contributed by atoms with Gasteiger partial charge in [-0.25, -0.2) is 0 Å². The van der Waals surface area contributed by atoms with E-state index in [0.717, 1.165) is 6.42 Å². The maximum Gasteiger partial charge on any atom is 0.303 e. The van der Waals surface area contributed by atoms with Crippen LogP contribution in [-0.2, 0) is 14.3 Å². The summed E-state index contributed by atoms with van der Waals surface area (Å²) in [5, 5.41) is 8.28. The maximum absolute atomic E-state index is 10.3. The quantitative estimate of drug-likeness (QED) is 0.789. The van der Waals surface area contributed by atoms with Gasteiger partial charge in [-0.05, 0) is 17.3 Å². The first-order chi connectivity index (χ1) is 7.83. The fourth-order valence-corrected chi connectivity index (χ4v) is 0.800. The van der Waals surface area contributed by atoms with E-state index in [1.165, 1.54) is 6.92 Å². The minimum absolute atomic E-state index is 0.0890. The summed E-state index contributed by atoms with van der Waals surface area (Å²) in [6.07, 6.45) is 1.03. The number of carboxylic acids is 1. The third-order valence-electron chi connectivity index (χ3n) is 1.80. The molecular formula is C14H28O4. The molecule has 0 heterocycles. The van der Waals surface area contributed by atoms with Crippen molar-refractivity contribution >= 4 is 11.9 Å². The molecule has 0 amide bonds. The monoisotopic (exact) mass is 260 g/mol. The van der Waals surface area contributed by atoms with Gasteiger partial charge in [-0.15, -0.1) is 0 Å². The molecule has 0 aliphatic heterocycles. The zero-order valence-electron chi connectivity index (χ0n) is 12.8. The molecule has 18 heavy (non-hydrogen) atoms. The van der Waals surface area contributed by atoms with Crippen molar-refractivity contribution in [1.82, 2.24) is 0 Å². The summed E-state index contributed by atoms with van der Waals surface area (Å²) in [4.78, 5) is 20.3. The van der Waals surface area contributed by atoms with E-state index in [-0.39, 0.29) is 23.2 Å². The Hall–Kier alpha value is -1.06. The second-order valence-corrected chi connectivity index (χ2v) is 6.80. The number of carbonyl (C=O) groups excluding carboxylic acids is 1. The summed E-state index contributed by atoms with van der Waals surface area (Å²) in [5.41, 5.74) is 0.240. The van der Waals surface area contributed by atoms with Crippen LogP contribution < -0.4 is 0 Å². The average molecular weight is 260 g/mol. The van der Waals surface area contributed by atoms with E-state index in [2.05, 4.69) is 0 Å². The first kappa shape index (κ1) is 19.3. The van der Waals surface area contributed by atoms with Crippen molar-refractivity contribution in [2.24, 2.45) is 10.8 Å². The number of carboxylic acid groups (broad SMARTS) is 1. The lowest BCUT2D eigenvalue weighted by atomic mass is 9.91. The number of hydrogen-bond donors (Lipinski definition) is 1. The summed E-state index contributed by atoms with van der Waals surface area (Å²) in [7, 11) is 0. The first-order valence-electron chi connectivity index (χ1n) is 6.19. The van der Waals surface area contributed by atoms with Gasteiger partial charge in [0.05, 0.1) is 6.61 Å². The molecule has 0 bridgehead atoms. The standard InChI is InChI=1S/2C7H14O2/c1-6(8)9-5-7(2,3)4;1-7(2,3)5-4-6(8)9/h5H2,1-4H3;4-5H2,1-3H3,(H,8,9). The van der Waals surface area contributed by atoms with Crippen molar-refractivity contribution in [3.05, 3.63) is 0 Å². The number of carbonyl (C=O) groups is 2. The van der Waals surface area contributed by atoms with Crippen molar-refractivity contribution in [2.45, 2.75) is 61.3 Å². The van der Waals surface area contributed by atoms with Crippen LogP contribution in [0.5, 0.6) is 0 Å².